The highest BCUT2D eigenvalue weighted by atomic mass is 32.1. The van der Waals surface area contributed by atoms with E-state index in [0.29, 0.717) is 30.0 Å². The number of carbonyl (C=O) groups is 1. The molecule has 0 fully saturated rings. The Kier molecular flexibility index (Phi) is 2.69. The zero-order valence-electron chi connectivity index (χ0n) is 9.71. The molecule has 0 spiro atoms. The van der Waals surface area contributed by atoms with Crippen LogP contribution in [0.3, 0.4) is 0 Å². The summed E-state index contributed by atoms with van der Waals surface area (Å²) in [6.07, 6.45) is 0.622. The number of hydrogen-bond acceptors (Lipinski definition) is 5. The van der Waals surface area contributed by atoms with Crippen LogP contribution in [-0.2, 0) is 6.42 Å². The predicted octanol–water partition coefficient (Wildman–Crippen LogP) is 2.31. The molecule has 0 amide bonds. The van der Waals surface area contributed by atoms with Gasteiger partial charge < -0.3 is 9.84 Å². The van der Waals surface area contributed by atoms with Crippen molar-refractivity contribution < 1.29 is 14.6 Å². The summed E-state index contributed by atoms with van der Waals surface area (Å²) in [5, 5.41) is 18.0. The van der Waals surface area contributed by atoms with Crippen LogP contribution in [0.25, 0.3) is 11.3 Å². The molecule has 19 heavy (non-hydrogen) atoms. The van der Waals surface area contributed by atoms with Gasteiger partial charge in [-0.1, -0.05) is 0 Å². The van der Waals surface area contributed by atoms with Gasteiger partial charge in [0.2, 0.25) is 5.01 Å². The van der Waals surface area contributed by atoms with E-state index < -0.39 is 5.97 Å². The lowest BCUT2D eigenvalue weighted by molar-refractivity contribution is 0.0696. The highest BCUT2D eigenvalue weighted by molar-refractivity contribution is 7.14. The number of nitriles is 1. The number of aromatic nitrogens is 1. The van der Waals surface area contributed by atoms with Gasteiger partial charge in [0.05, 0.1) is 23.9 Å². The fourth-order valence-electron chi connectivity index (χ4n) is 1.98. The zero-order chi connectivity index (χ0) is 13.4. The first kappa shape index (κ1) is 11.7. The van der Waals surface area contributed by atoms with Crippen molar-refractivity contribution in [2.75, 3.05) is 6.61 Å². The molecule has 1 aromatic carbocycles. The molecule has 0 saturated heterocycles. The van der Waals surface area contributed by atoms with E-state index in [1.807, 2.05) is 0 Å². The van der Waals surface area contributed by atoms with Crippen LogP contribution >= 0.6 is 11.3 Å². The van der Waals surface area contributed by atoms with Gasteiger partial charge in [-0.3, -0.25) is 0 Å². The van der Waals surface area contributed by atoms with Gasteiger partial charge in [-0.05, 0) is 18.2 Å². The number of aromatic carboxylic acids is 1. The molecule has 0 unspecified atom stereocenters. The summed E-state index contributed by atoms with van der Waals surface area (Å²) in [4.78, 5) is 16.1. The molecule has 0 radical (unpaired) electrons. The number of benzene rings is 1. The molecule has 0 bridgehead atoms. The van der Waals surface area contributed by atoms with E-state index >= 15 is 0 Å². The van der Waals surface area contributed by atoms with Crippen LogP contribution in [0.5, 0.6) is 5.75 Å². The first-order valence-corrected chi connectivity index (χ1v) is 6.41. The van der Waals surface area contributed by atoms with Crippen LogP contribution < -0.4 is 4.74 Å². The van der Waals surface area contributed by atoms with Gasteiger partial charge in [-0.2, -0.15) is 5.26 Å². The zero-order valence-corrected chi connectivity index (χ0v) is 10.5. The second kappa shape index (κ2) is 4.37. The molecule has 2 aromatic rings. The Morgan fingerprint density at radius 3 is 3.11 bits per heavy atom. The minimum atomic E-state index is -1.02. The maximum absolute atomic E-state index is 11.0. The summed E-state index contributed by atoms with van der Waals surface area (Å²) in [5.74, 6) is -0.436. The summed E-state index contributed by atoms with van der Waals surface area (Å²) in [6, 6.07) is 7.14. The third-order valence-corrected chi connectivity index (χ3v) is 3.94. The predicted molar refractivity (Wildman–Crippen MR) is 68.4 cm³/mol. The molecule has 1 N–H and O–H groups in total. The van der Waals surface area contributed by atoms with Gasteiger partial charge in [0.25, 0.3) is 0 Å². The van der Waals surface area contributed by atoms with Crippen LogP contribution in [0.1, 0.15) is 20.2 Å². The van der Waals surface area contributed by atoms with Gasteiger partial charge in [0.1, 0.15) is 5.75 Å². The van der Waals surface area contributed by atoms with Crippen LogP contribution in [-0.4, -0.2) is 22.7 Å². The van der Waals surface area contributed by atoms with Crippen molar-refractivity contribution in [3.63, 3.8) is 0 Å². The third kappa shape index (κ3) is 1.94. The quantitative estimate of drug-likeness (QED) is 0.861. The average Bonchev–Trinajstić information content (AvgIpc) is 2.76. The number of hydrogen-bond donors (Lipinski definition) is 1. The summed E-state index contributed by atoms with van der Waals surface area (Å²) < 4.78 is 5.60. The van der Waals surface area contributed by atoms with E-state index in [0.717, 1.165) is 10.4 Å². The monoisotopic (exact) mass is 272 g/mol. The van der Waals surface area contributed by atoms with Crippen LogP contribution in [0.15, 0.2) is 18.2 Å². The normalized spacial score (nSPS) is 12.6. The molecule has 1 aliphatic heterocycles. The van der Waals surface area contributed by atoms with E-state index in [1.54, 1.807) is 18.2 Å². The molecule has 1 aromatic heterocycles. The van der Waals surface area contributed by atoms with Crippen molar-refractivity contribution in [1.29, 1.82) is 5.26 Å². The molecule has 0 aliphatic carbocycles. The lowest BCUT2D eigenvalue weighted by atomic mass is 10.1. The van der Waals surface area contributed by atoms with E-state index in [-0.39, 0.29) is 5.01 Å². The number of thiazole rings is 1. The fraction of sp³-hybridized carbons (Fsp3) is 0.154. The minimum Gasteiger partial charge on any atom is -0.492 e. The molecule has 2 heterocycles. The third-order valence-electron chi connectivity index (χ3n) is 2.83. The molecule has 0 saturated carbocycles. The van der Waals surface area contributed by atoms with Gasteiger partial charge in [-0.25, -0.2) is 9.78 Å². The Balaban J connectivity index is 2.19. The SMILES string of the molecule is N#Cc1ccc2c(c1)OCCc1sc(C(=O)O)nc1-2. The van der Waals surface area contributed by atoms with E-state index in [9.17, 15) is 4.79 Å². The van der Waals surface area contributed by atoms with Crippen molar-refractivity contribution in [3.8, 4) is 23.1 Å². The van der Waals surface area contributed by atoms with E-state index in [2.05, 4.69) is 11.1 Å². The minimum absolute atomic E-state index is 0.0854. The molecule has 6 heteroatoms. The number of carboxylic acids is 1. The van der Waals surface area contributed by atoms with E-state index in [1.165, 1.54) is 11.3 Å². The lowest BCUT2D eigenvalue weighted by Crippen LogP contribution is -1.98. The van der Waals surface area contributed by atoms with Crippen LogP contribution in [0.4, 0.5) is 0 Å². The molecule has 3 rings (SSSR count). The molecular formula is C13H8N2O3S. The Labute approximate surface area is 112 Å². The van der Waals surface area contributed by atoms with Gasteiger partial charge >= 0.3 is 5.97 Å². The van der Waals surface area contributed by atoms with Crippen molar-refractivity contribution >= 4 is 17.3 Å². The maximum Gasteiger partial charge on any atom is 0.365 e. The van der Waals surface area contributed by atoms with Crippen molar-refractivity contribution in [2.45, 2.75) is 6.42 Å². The maximum atomic E-state index is 11.0. The highest BCUT2D eigenvalue weighted by Gasteiger charge is 2.22. The lowest BCUT2D eigenvalue weighted by Gasteiger charge is -2.06. The Bertz CT molecular complexity index is 715. The van der Waals surface area contributed by atoms with Crippen LogP contribution in [0, 0.1) is 11.3 Å². The van der Waals surface area contributed by atoms with Gasteiger partial charge in [0.15, 0.2) is 0 Å². The highest BCUT2D eigenvalue weighted by Crippen LogP contribution is 2.37. The van der Waals surface area contributed by atoms with Crippen LogP contribution in [0.2, 0.25) is 0 Å². The molecule has 5 nitrogen and oxygen atoms in total. The van der Waals surface area contributed by atoms with E-state index in [4.69, 9.17) is 15.1 Å². The molecule has 0 atom stereocenters. The summed E-state index contributed by atoms with van der Waals surface area (Å²) in [5.41, 5.74) is 1.91. The topological polar surface area (TPSA) is 83.2 Å². The number of fused-ring (bicyclic) bond motifs is 3. The number of carboxylic acid groups (broad SMARTS) is 1. The fourth-order valence-corrected chi connectivity index (χ4v) is 2.88. The number of rotatable bonds is 1. The van der Waals surface area contributed by atoms with Crippen molar-refractivity contribution in [3.05, 3.63) is 33.6 Å². The second-order valence-corrected chi connectivity index (χ2v) is 5.10. The first-order valence-electron chi connectivity index (χ1n) is 5.59. The molecular weight excluding hydrogens is 264 g/mol. The van der Waals surface area contributed by atoms with Gasteiger partial charge in [-0.15, -0.1) is 11.3 Å². The smallest absolute Gasteiger partial charge is 0.365 e. The Hall–Kier alpha value is -2.39. The number of nitrogens with zero attached hydrogens (tertiary/aromatic N) is 2. The Morgan fingerprint density at radius 1 is 1.53 bits per heavy atom. The largest absolute Gasteiger partial charge is 0.492 e. The number of ether oxygens (including phenoxy) is 1. The van der Waals surface area contributed by atoms with Crippen molar-refractivity contribution in [1.82, 2.24) is 4.98 Å². The Morgan fingerprint density at radius 2 is 2.37 bits per heavy atom. The summed E-state index contributed by atoms with van der Waals surface area (Å²) in [6.45, 7) is 0.454. The van der Waals surface area contributed by atoms with Gasteiger partial charge in [0, 0.05) is 16.9 Å². The molecule has 94 valence electrons. The molecule has 1 aliphatic rings. The summed E-state index contributed by atoms with van der Waals surface area (Å²) in [7, 11) is 0. The van der Waals surface area contributed by atoms with Crippen molar-refractivity contribution in [2.24, 2.45) is 0 Å². The first-order chi connectivity index (χ1) is 9.19. The average molecular weight is 272 g/mol. The standard InChI is InChI=1S/C13H8N2O3S/c14-6-7-1-2-8-9(5-7)18-4-3-10-11(8)15-12(19-10)13(16)17/h1-2,5H,3-4H2,(H,16,17). The second-order valence-electron chi connectivity index (χ2n) is 4.02. The summed E-state index contributed by atoms with van der Waals surface area (Å²) >= 11 is 1.17.